The molecule has 1 amide bonds. The summed E-state index contributed by atoms with van der Waals surface area (Å²) in [4.78, 5) is 25.1. The maximum absolute atomic E-state index is 12.2. The second-order valence-electron chi connectivity index (χ2n) is 5.39. The lowest BCUT2D eigenvalue weighted by molar-refractivity contribution is -0.140. The number of carbonyl (C=O) groups is 2. The zero-order valence-corrected chi connectivity index (χ0v) is 12.3. The average molecular weight is 290 g/mol. The number of hydrogen-bond donors (Lipinski definition) is 2. The van der Waals surface area contributed by atoms with Crippen LogP contribution in [-0.4, -0.2) is 41.0 Å². The molecule has 2 N–H and O–H groups in total. The molecular formula is C16H22N2O3. The first-order valence-electron chi connectivity index (χ1n) is 7.42. The van der Waals surface area contributed by atoms with Crippen LogP contribution in [0.1, 0.15) is 30.9 Å². The standard InChI is InChI=1S/C16H22N2O3/c1-2-5-14(16(20)21)17-10-15(19)18-9-8-12-6-3-4-7-13(12)11-18/h3-4,6-7,14,17H,2,5,8-11H2,1H3,(H,20,21). The number of nitrogens with one attached hydrogen (secondary N) is 1. The summed E-state index contributed by atoms with van der Waals surface area (Å²) in [5.41, 5.74) is 2.48. The molecule has 1 aliphatic rings. The Morgan fingerprint density at radius 3 is 2.71 bits per heavy atom. The minimum atomic E-state index is -0.895. The first kappa shape index (κ1) is 15.5. The highest BCUT2D eigenvalue weighted by molar-refractivity contribution is 5.80. The lowest BCUT2D eigenvalue weighted by atomic mass is 10.00. The van der Waals surface area contributed by atoms with Crippen molar-refractivity contribution in [3.8, 4) is 0 Å². The number of carboxylic acids is 1. The Balaban J connectivity index is 1.89. The van der Waals surface area contributed by atoms with Gasteiger partial charge in [0, 0.05) is 13.1 Å². The van der Waals surface area contributed by atoms with E-state index in [1.807, 2.05) is 25.1 Å². The van der Waals surface area contributed by atoms with Crippen molar-refractivity contribution >= 4 is 11.9 Å². The molecular weight excluding hydrogens is 268 g/mol. The van der Waals surface area contributed by atoms with Crippen molar-refractivity contribution < 1.29 is 14.7 Å². The van der Waals surface area contributed by atoms with E-state index in [-0.39, 0.29) is 12.5 Å². The van der Waals surface area contributed by atoms with Crippen molar-refractivity contribution in [2.24, 2.45) is 0 Å². The lowest BCUT2D eigenvalue weighted by Crippen LogP contribution is -2.45. The number of rotatable bonds is 6. The summed E-state index contributed by atoms with van der Waals surface area (Å²) >= 11 is 0. The summed E-state index contributed by atoms with van der Waals surface area (Å²) in [6, 6.07) is 7.49. The van der Waals surface area contributed by atoms with Gasteiger partial charge in [0.05, 0.1) is 6.54 Å². The molecule has 0 bridgehead atoms. The van der Waals surface area contributed by atoms with E-state index >= 15 is 0 Å². The van der Waals surface area contributed by atoms with E-state index in [9.17, 15) is 9.59 Å². The van der Waals surface area contributed by atoms with Gasteiger partial charge in [0.25, 0.3) is 0 Å². The maximum Gasteiger partial charge on any atom is 0.320 e. The molecule has 2 rings (SSSR count). The fraction of sp³-hybridized carbons (Fsp3) is 0.500. The monoisotopic (exact) mass is 290 g/mol. The second-order valence-corrected chi connectivity index (χ2v) is 5.39. The van der Waals surface area contributed by atoms with Crippen LogP contribution in [0.4, 0.5) is 0 Å². The van der Waals surface area contributed by atoms with E-state index in [0.717, 1.165) is 12.8 Å². The van der Waals surface area contributed by atoms with Crippen LogP contribution in [0.2, 0.25) is 0 Å². The number of carbonyl (C=O) groups excluding carboxylic acids is 1. The smallest absolute Gasteiger partial charge is 0.320 e. The molecule has 1 aliphatic heterocycles. The lowest BCUT2D eigenvalue weighted by Gasteiger charge is -2.29. The molecule has 0 fully saturated rings. The van der Waals surface area contributed by atoms with Crippen LogP contribution in [0, 0.1) is 0 Å². The molecule has 1 aromatic rings. The highest BCUT2D eigenvalue weighted by atomic mass is 16.4. The molecule has 5 nitrogen and oxygen atoms in total. The van der Waals surface area contributed by atoms with Gasteiger partial charge in [-0.2, -0.15) is 0 Å². The Morgan fingerprint density at radius 2 is 2.05 bits per heavy atom. The number of hydrogen-bond acceptors (Lipinski definition) is 3. The quantitative estimate of drug-likeness (QED) is 0.831. The SMILES string of the molecule is CCCC(NCC(=O)N1CCc2ccccc2C1)C(=O)O. The number of fused-ring (bicyclic) bond motifs is 1. The third-order valence-corrected chi connectivity index (χ3v) is 3.86. The largest absolute Gasteiger partial charge is 0.480 e. The minimum Gasteiger partial charge on any atom is -0.480 e. The highest BCUT2D eigenvalue weighted by Crippen LogP contribution is 2.18. The molecule has 0 saturated heterocycles. The van der Waals surface area contributed by atoms with Crippen LogP contribution < -0.4 is 5.32 Å². The summed E-state index contributed by atoms with van der Waals surface area (Å²) < 4.78 is 0. The summed E-state index contributed by atoms with van der Waals surface area (Å²) in [7, 11) is 0. The minimum absolute atomic E-state index is 0.0353. The number of nitrogens with zero attached hydrogens (tertiary/aromatic N) is 1. The van der Waals surface area contributed by atoms with Crippen LogP contribution in [0.25, 0.3) is 0 Å². The van der Waals surface area contributed by atoms with E-state index in [2.05, 4.69) is 11.4 Å². The molecule has 5 heteroatoms. The molecule has 1 atom stereocenters. The van der Waals surface area contributed by atoms with Crippen LogP contribution in [0.5, 0.6) is 0 Å². The van der Waals surface area contributed by atoms with Crippen LogP contribution in [0.15, 0.2) is 24.3 Å². The van der Waals surface area contributed by atoms with Crippen LogP contribution in [0.3, 0.4) is 0 Å². The fourth-order valence-electron chi connectivity index (χ4n) is 2.63. The van der Waals surface area contributed by atoms with Gasteiger partial charge in [-0.15, -0.1) is 0 Å². The normalized spacial score (nSPS) is 15.4. The number of aliphatic carboxylic acids is 1. The molecule has 0 radical (unpaired) electrons. The number of benzene rings is 1. The first-order valence-corrected chi connectivity index (χ1v) is 7.42. The molecule has 0 spiro atoms. The molecule has 1 unspecified atom stereocenters. The van der Waals surface area contributed by atoms with Gasteiger partial charge >= 0.3 is 5.97 Å². The number of amides is 1. The van der Waals surface area contributed by atoms with E-state index in [4.69, 9.17) is 5.11 Å². The molecule has 1 heterocycles. The Morgan fingerprint density at radius 1 is 1.33 bits per heavy atom. The van der Waals surface area contributed by atoms with Crippen molar-refractivity contribution in [2.75, 3.05) is 13.1 Å². The third kappa shape index (κ3) is 4.04. The molecule has 114 valence electrons. The van der Waals surface area contributed by atoms with Crippen molar-refractivity contribution in [2.45, 2.75) is 38.8 Å². The Kier molecular flexibility index (Phi) is 5.33. The Bertz CT molecular complexity index is 516. The van der Waals surface area contributed by atoms with Gasteiger partial charge in [0.2, 0.25) is 5.91 Å². The summed E-state index contributed by atoms with van der Waals surface area (Å²) in [6.45, 7) is 3.32. The van der Waals surface area contributed by atoms with Crippen molar-refractivity contribution in [1.29, 1.82) is 0 Å². The molecule has 21 heavy (non-hydrogen) atoms. The average Bonchev–Trinajstić information content (AvgIpc) is 2.50. The zero-order valence-electron chi connectivity index (χ0n) is 12.3. The predicted molar refractivity (Wildman–Crippen MR) is 79.9 cm³/mol. The van der Waals surface area contributed by atoms with Gasteiger partial charge in [0.1, 0.15) is 6.04 Å². The van der Waals surface area contributed by atoms with Gasteiger partial charge in [-0.25, -0.2) is 0 Å². The van der Waals surface area contributed by atoms with E-state index in [0.29, 0.717) is 19.5 Å². The van der Waals surface area contributed by atoms with Crippen molar-refractivity contribution in [1.82, 2.24) is 10.2 Å². The molecule has 0 saturated carbocycles. The topological polar surface area (TPSA) is 69.6 Å². The maximum atomic E-state index is 12.2. The molecule has 0 aromatic heterocycles. The Labute approximate surface area is 125 Å². The molecule has 1 aromatic carbocycles. The van der Waals surface area contributed by atoms with Gasteiger partial charge in [-0.3, -0.25) is 14.9 Å². The van der Waals surface area contributed by atoms with Crippen LogP contribution >= 0.6 is 0 Å². The van der Waals surface area contributed by atoms with Crippen LogP contribution in [-0.2, 0) is 22.6 Å². The first-order chi connectivity index (χ1) is 10.1. The molecule has 0 aliphatic carbocycles. The zero-order chi connectivity index (χ0) is 15.2. The third-order valence-electron chi connectivity index (χ3n) is 3.86. The summed E-state index contributed by atoms with van der Waals surface area (Å²) in [6.07, 6.45) is 2.17. The Hall–Kier alpha value is -1.88. The van der Waals surface area contributed by atoms with Crippen molar-refractivity contribution in [3.05, 3.63) is 35.4 Å². The van der Waals surface area contributed by atoms with Gasteiger partial charge < -0.3 is 10.0 Å². The van der Waals surface area contributed by atoms with E-state index < -0.39 is 12.0 Å². The fourth-order valence-corrected chi connectivity index (χ4v) is 2.63. The summed E-state index contributed by atoms with van der Waals surface area (Å²) in [5, 5.41) is 11.9. The number of carboxylic acid groups (broad SMARTS) is 1. The van der Waals surface area contributed by atoms with E-state index in [1.54, 1.807) is 4.90 Å². The predicted octanol–water partition coefficient (Wildman–Crippen LogP) is 1.41. The second kappa shape index (κ2) is 7.22. The summed E-state index contributed by atoms with van der Waals surface area (Å²) in [5.74, 6) is -0.930. The van der Waals surface area contributed by atoms with Gasteiger partial charge in [-0.05, 0) is 24.0 Å². The van der Waals surface area contributed by atoms with Gasteiger partial charge in [0.15, 0.2) is 0 Å². The van der Waals surface area contributed by atoms with E-state index in [1.165, 1.54) is 11.1 Å². The van der Waals surface area contributed by atoms with Gasteiger partial charge in [-0.1, -0.05) is 37.6 Å². The highest BCUT2D eigenvalue weighted by Gasteiger charge is 2.22. The van der Waals surface area contributed by atoms with Crippen molar-refractivity contribution in [3.63, 3.8) is 0 Å².